The largest absolute Gasteiger partial charge is 0.393 e. The van der Waals surface area contributed by atoms with Crippen LogP contribution in [0.5, 0.6) is 0 Å². The number of aliphatic hydroxyl groups excluding tert-OH is 1. The second kappa shape index (κ2) is 6.22. The third-order valence-corrected chi connectivity index (χ3v) is 4.21. The van der Waals surface area contributed by atoms with Crippen molar-refractivity contribution in [1.29, 1.82) is 0 Å². The van der Waals surface area contributed by atoms with Crippen LogP contribution in [-0.2, 0) is 0 Å². The van der Waals surface area contributed by atoms with E-state index in [1.54, 1.807) is 0 Å². The Labute approximate surface area is 108 Å². The lowest BCUT2D eigenvalue weighted by Gasteiger charge is -2.32. The highest BCUT2D eigenvalue weighted by molar-refractivity contribution is 4.78. The SMILES string of the molecule is CC1CCC(C(O)CC(C)CC(C)(C)C)CC1. The summed E-state index contributed by atoms with van der Waals surface area (Å²) in [5.74, 6) is 2.10. The van der Waals surface area contributed by atoms with Crippen LogP contribution in [0.1, 0.15) is 73.1 Å². The predicted molar refractivity (Wildman–Crippen MR) is 75.0 cm³/mol. The molecule has 2 unspecified atom stereocenters. The van der Waals surface area contributed by atoms with Gasteiger partial charge in [0, 0.05) is 0 Å². The summed E-state index contributed by atoms with van der Waals surface area (Å²) in [6, 6.07) is 0. The molecule has 0 amide bonds. The fourth-order valence-electron chi connectivity index (χ4n) is 3.40. The molecule has 1 aliphatic rings. The van der Waals surface area contributed by atoms with Crippen molar-refractivity contribution in [3.8, 4) is 0 Å². The summed E-state index contributed by atoms with van der Waals surface area (Å²) in [5.41, 5.74) is 0.389. The van der Waals surface area contributed by atoms with E-state index in [0.717, 1.165) is 12.3 Å². The lowest BCUT2D eigenvalue weighted by atomic mass is 9.76. The minimum atomic E-state index is -0.0557. The van der Waals surface area contributed by atoms with Crippen molar-refractivity contribution in [2.45, 2.75) is 79.2 Å². The van der Waals surface area contributed by atoms with Crippen molar-refractivity contribution in [1.82, 2.24) is 0 Å². The van der Waals surface area contributed by atoms with Crippen molar-refractivity contribution in [2.75, 3.05) is 0 Å². The first kappa shape index (κ1) is 15.0. The van der Waals surface area contributed by atoms with E-state index in [9.17, 15) is 5.11 Å². The molecule has 0 bridgehead atoms. The molecule has 0 saturated heterocycles. The molecule has 0 radical (unpaired) electrons. The zero-order chi connectivity index (χ0) is 13.1. The fourth-order valence-corrected chi connectivity index (χ4v) is 3.40. The fraction of sp³-hybridized carbons (Fsp3) is 1.00. The predicted octanol–water partition coefficient (Wildman–Crippen LogP) is 4.64. The van der Waals surface area contributed by atoms with Crippen LogP contribution in [0.2, 0.25) is 0 Å². The molecule has 2 atom stereocenters. The van der Waals surface area contributed by atoms with Crippen molar-refractivity contribution in [2.24, 2.45) is 23.2 Å². The van der Waals surface area contributed by atoms with Gasteiger partial charge in [0.05, 0.1) is 6.10 Å². The Hall–Kier alpha value is -0.0400. The summed E-state index contributed by atoms with van der Waals surface area (Å²) >= 11 is 0. The van der Waals surface area contributed by atoms with E-state index in [2.05, 4.69) is 34.6 Å². The molecule has 17 heavy (non-hydrogen) atoms. The molecular formula is C16H32O. The zero-order valence-electron chi connectivity index (χ0n) is 12.5. The maximum absolute atomic E-state index is 10.3. The standard InChI is InChI=1S/C16H32O/c1-12-6-8-14(9-7-12)15(17)10-13(2)11-16(3,4)5/h12-15,17H,6-11H2,1-5H3. The number of hydrogen-bond acceptors (Lipinski definition) is 1. The molecule has 102 valence electrons. The summed E-state index contributed by atoms with van der Waals surface area (Å²) in [5, 5.41) is 10.3. The van der Waals surface area contributed by atoms with Gasteiger partial charge in [-0.1, -0.05) is 47.5 Å². The highest BCUT2D eigenvalue weighted by atomic mass is 16.3. The van der Waals surface area contributed by atoms with Crippen LogP contribution in [0.3, 0.4) is 0 Å². The summed E-state index contributed by atoms with van der Waals surface area (Å²) in [6.07, 6.45) is 7.27. The van der Waals surface area contributed by atoms with Gasteiger partial charge in [-0.3, -0.25) is 0 Å². The molecule has 0 spiro atoms. The second-order valence-electron chi connectivity index (χ2n) is 7.69. The first-order chi connectivity index (χ1) is 7.78. The average Bonchev–Trinajstić information content (AvgIpc) is 2.15. The smallest absolute Gasteiger partial charge is 0.0570 e. The lowest BCUT2D eigenvalue weighted by Crippen LogP contribution is -2.27. The van der Waals surface area contributed by atoms with Crippen molar-refractivity contribution < 1.29 is 5.11 Å². The van der Waals surface area contributed by atoms with Crippen molar-refractivity contribution in [3.05, 3.63) is 0 Å². The monoisotopic (exact) mass is 240 g/mol. The second-order valence-corrected chi connectivity index (χ2v) is 7.69. The van der Waals surface area contributed by atoms with Crippen LogP contribution in [0.4, 0.5) is 0 Å². The van der Waals surface area contributed by atoms with Gasteiger partial charge in [0.25, 0.3) is 0 Å². The Morgan fingerprint density at radius 1 is 1.12 bits per heavy atom. The third kappa shape index (κ3) is 5.90. The quantitative estimate of drug-likeness (QED) is 0.759. The molecule has 1 fully saturated rings. The van der Waals surface area contributed by atoms with Gasteiger partial charge in [-0.05, 0) is 48.9 Å². The Morgan fingerprint density at radius 3 is 2.12 bits per heavy atom. The molecule has 1 N–H and O–H groups in total. The van der Waals surface area contributed by atoms with E-state index in [-0.39, 0.29) is 6.10 Å². The van der Waals surface area contributed by atoms with Gasteiger partial charge in [0.15, 0.2) is 0 Å². The highest BCUT2D eigenvalue weighted by Gasteiger charge is 2.26. The topological polar surface area (TPSA) is 20.2 Å². The lowest BCUT2D eigenvalue weighted by molar-refractivity contribution is 0.0515. The maximum atomic E-state index is 10.3. The molecule has 1 aliphatic carbocycles. The van der Waals surface area contributed by atoms with Crippen LogP contribution in [-0.4, -0.2) is 11.2 Å². The minimum Gasteiger partial charge on any atom is -0.393 e. The van der Waals surface area contributed by atoms with Crippen LogP contribution >= 0.6 is 0 Å². The molecule has 0 aromatic heterocycles. The summed E-state index contributed by atoms with van der Waals surface area (Å²) < 4.78 is 0. The maximum Gasteiger partial charge on any atom is 0.0570 e. The Kier molecular flexibility index (Phi) is 5.50. The van der Waals surface area contributed by atoms with E-state index in [1.165, 1.54) is 32.1 Å². The first-order valence-corrected chi connectivity index (χ1v) is 7.46. The summed E-state index contributed by atoms with van der Waals surface area (Å²) in [6.45, 7) is 11.5. The van der Waals surface area contributed by atoms with Gasteiger partial charge in [-0.25, -0.2) is 0 Å². The van der Waals surface area contributed by atoms with Gasteiger partial charge >= 0.3 is 0 Å². The van der Waals surface area contributed by atoms with Gasteiger partial charge in [-0.2, -0.15) is 0 Å². The summed E-state index contributed by atoms with van der Waals surface area (Å²) in [7, 11) is 0. The molecule has 0 aliphatic heterocycles. The van der Waals surface area contributed by atoms with Crippen LogP contribution < -0.4 is 0 Å². The van der Waals surface area contributed by atoms with Gasteiger partial charge in [0.1, 0.15) is 0 Å². The van der Waals surface area contributed by atoms with Crippen molar-refractivity contribution in [3.63, 3.8) is 0 Å². The molecule has 1 rings (SSSR count). The van der Waals surface area contributed by atoms with E-state index in [1.807, 2.05) is 0 Å². The van der Waals surface area contributed by atoms with Gasteiger partial charge < -0.3 is 5.11 Å². The molecular weight excluding hydrogens is 208 g/mol. The first-order valence-electron chi connectivity index (χ1n) is 7.46. The number of aliphatic hydroxyl groups is 1. The van der Waals surface area contributed by atoms with E-state index < -0.39 is 0 Å². The van der Waals surface area contributed by atoms with Crippen LogP contribution in [0.25, 0.3) is 0 Å². The van der Waals surface area contributed by atoms with Crippen LogP contribution in [0, 0.1) is 23.2 Å². The van der Waals surface area contributed by atoms with E-state index in [0.29, 0.717) is 17.3 Å². The van der Waals surface area contributed by atoms with Gasteiger partial charge in [0.2, 0.25) is 0 Å². The third-order valence-electron chi connectivity index (χ3n) is 4.21. The zero-order valence-corrected chi connectivity index (χ0v) is 12.5. The Bertz CT molecular complexity index is 208. The van der Waals surface area contributed by atoms with Crippen LogP contribution in [0.15, 0.2) is 0 Å². The van der Waals surface area contributed by atoms with Gasteiger partial charge in [-0.15, -0.1) is 0 Å². The molecule has 0 heterocycles. The normalized spacial score (nSPS) is 30.0. The molecule has 1 nitrogen and oxygen atoms in total. The number of hydrogen-bond donors (Lipinski definition) is 1. The van der Waals surface area contributed by atoms with Crippen molar-refractivity contribution >= 4 is 0 Å². The molecule has 1 heteroatoms. The average molecular weight is 240 g/mol. The Morgan fingerprint density at radius 2 is 1.65 bits per heavy atom. The molecule has 1 saturated carbocycles. The van der Waals surface area contributed by atoms with E-state index in [4.69, 9.17) is 0 Å². The molecule has 0 aromatic carbocycles. The summed E-state index contributed by atoms with van der Waals surface area (Å²) in [4.78, 5) is 0. The Balaban J connectivity index is 2.31. The van der Waals surface area contributed by atoms with E-state index >= 15 is 0 Å². The minimum absolute atomic E-state index is 0.0557. The highest BCUT2D eigenvalue weighted by Crippen LogP contribution is 2.34. The number of rotatable bonds is 4. The molecule has 0 aromatic rings.